The molecular weight excluding hydrogens is 482 g/mol. The Morgan fingerprint density at radius 2 is 1.95 bits per heavy atom. The third-order valence-electron chi connectivity index (χ3n) is 7.34. The lowest BCUT2D eigenvalue weighted by molar-refractivity contribution is 0.0962. The van der Waals surface area contributed by atoms with Crippen LogP contribution < -0.4 is 16.0 Å². The summed E-state index contributed by atoms with van der Waals surface area (Å²) in [5, 5.41) is 18.0. The average Bonchev–Trinajstić information content (AvgIpc) is 3.55. The molecule has 10 nitrogen and oxygen atoms in total. The van der Waals surface area contributed by atoms with Gasteiger partial charge in [0.15, 0.2) is 5.82 Å². The molecule has 0 radical (unpaired) electrons. The fraction of sp³-hybridized carbons (Fsp3) is 0.286. The van der Waals surface area contributed by atoms with Crippen molar-refractivity contribution in [3.63, 3.8) is 0 Å². The van der Waals surface area contributed by atoms with Crippen LogP contribution in [0.15, 0.2) is 54.9 Å². The van der Waals surface area contributed by atoms with Gasteiger partial charge in [0.25, 0.3) is 11.8 Å². The molecule has 6 rings (SSSR count). The number of fused-ring (bicyclic) bond motifs is 3. The standard InChI is InChI=1S/C28H29N7O3/c1-28(2)13-17-12-22-27(38)34(11-10-33(22)23(17)14-28)20-6-5-7-21(19(20)16-36)35-15-18(25(29)37)26(32-35)31-24-8-3-4-9-30-24/h3-9,12,15,36H,10-11,13-14,16H2,1-2H3,(H2,29,37)(H,30,31,32). The predicted molar refractivity (Wildman–Crippen MR) is 143 cm³/mol. The topological polar surface area (TPSA) is 131 Å². The van der Waals surface area contributed by atoms with Crippen molar-refractivity contribution in [1.29, 1.82) is 0 Å². The Hall–Kier alpha value is -4.44. The third kappa shape index (κ3) is 3.93. The molecule has 3 aromatic heterocycles. The normalized spacial score (nSPS) is 15.9. The van der Waals surface area contributed by atoms with E-state index in [4.69, 9.17) is 5.73 Å². The molecule has 4 aromatic rings. The second kappa shape index (κ2) is 8.84. The first-order valence-electron chi connectivity index (χ1n) is 12.6. The van der Waals surface area contributed by atoms with Gasteiger partial charge in [0.2, 0.25) is 0 Å². The fourth-order valence-corrected chi connectivity index (χ4v) is 5.66. The van der Waals surface area contributed by atoms with Crippen molar-refractivity contribution in [2.45, 2.75) is 39.8 Å². The van der Waals surface area contributed by atoms with Gasteiger partial charge in [-0.3, -0.25) is 9.59 Å². The van der Waals surface area contributed by atoms with E-state index in [-0.39, 0.29) is 29.3 Å². The summed E-state index contributed by atoms with van der Waals surface area (Å²) in [6, 6.07) is 12.8. The number of primary amides is 1. The van der Waals surface area contributed by atoms with Gasteiger partial charge in [0, 0.05) is 36.7 Å². The zero-order valence-corrected chi connectivity index (χ0v) is 21.3. The average molecular weight is 512 g/mol. The summed E-state index contributed by atoms with van der Waals surface area (Å²) in [6.45, 7) is 5.36. The minimum absolute atomic E-state index is 0.0916. The summed E-state index contributed by atoms with van der Waals surface area (Å²) in [5.41, 5.74) is 10.9. The molecule has 1 aliphatic heterocycles. The summed E-state index contributed by atoms with van der Waals surface area (Å²) in [5.74, 6) is 0.00840. The molecule has 1 aromatic carbocycles. The van der Waals surface area contributed by atoms with Gasteiger partial charge in [-0.05, 0) is 54.2 Å². The van der Waals surface area contributed by atoms with E-state index in [1.54, 1.807) is 29.3 Å². The van der Waals surface area contributed by atoms with E-state index < -0.39 is 5.91 Å². The quantitative estimate of drug-likeness (QED) is 0.364. The monoisotopic (exact) mass is 511 g/mol. The van der Waals surface area contributed by atoms with Gasteiger partial charge in [-0.25, -0.2) is 9.67 Å². The van der Waals surface area contributed by atoms with Crippen LogP contribution in [0.2, 0.25) is 0 Å². The smallest absolute Gasteiger partial charge is 0.274 e. The molecule has 4 N–H and O–H groups in total. The number of carbonyl (C=O) groups excluding carboxylic acids is 2. The zero-order chi connectivity index (χ0) is 26.6. The maximum absolute atomic E-state index is 13.7. The third-order valence-corrected chi connectivity index (χ3v) is 7.34. The first-order chi connectivity index (χ1) is 18.3. The second-order valence-corrected chi connectivity index (χ2v) is 10.6. The molecule has 1 aliphatic carbocycles. The number of aliphatic hydroxyl groups is 1. The Bertz CT molecular complexity index is 1570. The molecule has 2 amide bonds. The first kappa shape index (κ1) is 23.9. The molecule has 10 heteroatoms. The van der Waals surface area contributed by atoms with Gasteiger partial charge in [0.1, 0.15) is 17.1 Å². The molecule has 0 unspecified atom stereocenters. The Morgan fingerprint density at radius 3 is 2.68 bits per heavy atom. The van der Waals surface area contributed by atoms with Gasteiger partial charge in [0.05, 0.1) is 18.0 Å². The van der Waals surface area contributed by atoms with Gasteiger partial charge < -0.3 is 25.6 Å². The van der Waals surface area contributed by atoms with Crippen LogP contribution in [-0.4, -0.2) is 42.8 Å². The molecule has 4 heterocycles. The molecule has 0 bridgehead atoms. The number of rotatable bonds is 6. The Balaban J connectivity index is 1.37. The van der Waals surface area contributed by atoms with E-state index in [0.717, 1.165) is 12.8 Å². The fourth-order valence-electron chi connectivity index (χ4n) is 5.66. The van der Waals surface area contributed by atoms with Crippen molar-refractivity contribution in [3.8, 4) is 5.69 Å². The van der Waals surface area contributed by atoms with E-state index in [0.29, 0.717) is 41.5 Å². The summed E-state index contributed by atoms with van der Waals surface area (Å²) in [7, 11) is 0. The summed E-state index contributed by atoms with van der Waals surface area (Å²) in [6.07, 6.45) is 5.06. The van der Waals surface area contributed by atoms with Crippen LogP contribution in [0.5, 0.6) is 0 Å². The molecule has 194 valence electrons. The number of aromatic nitrogens is 4. The van der Waals surface area contributed by atoms with E-state index >= 15 is 0 Å². The van der Waals surface area contributed by atoms with Crippen molar-refractivity contribution >= 4 is 29.1 Å². The molecular formula is C28H29N7O3. The van der Waals surface area contributed by atoms with Crippen LogP contribution in [0.1, 0.15) is 51.5 Å². The number of amides is 2. The number of anilines is 3. The van der Waals surface area contributed by atoms with Crippen molar-refractivity contribution in [1.82, 2.24) is 19.3 Å². The van der Waals surface area contributed by atoms with Crippen LogP contribution in [0.4, 0.5) is 17.3 Å². The Labute approximate surface area is 219 Å². The number of aliphatic hydroxyl groups excluding tert-OH is 1. The molecule has 0 atom stereocenters. The van der Waals surface area contributed by atoms with Crippen LogP contribution in [-0.2, 0) is 26.0 Å². The maximum Gasteiger partial charge on any atom is 0.274 e. The van der Waals surface area contributed by atoms with Crippen molar-refractivity contribution in [2.75, 3.05) is 16.8 Å². The predicted octanol–water partition coefficient (Wildman–Crippen LogP) is 3.19. The molecule has 38 heavy (non-hydrogen) atoms. The highest BCUT2D eigenvalue weighted by atomic mass is 16.3. The lowest BCUT2D eigenvalue weighted by Crippen LogP contribution is -2.41. The number of nitrogens with one attached hydrogen (secondary N) is 1. The molecule has 0 saturated carbocycles. The number of pyridine rings is 1. The van der Waals surface area contributed by atoms with Gasteiger partial charge in [-0.15, -0.1) is 5.10 Å². The molecule has 0 saturated heterocycles. The Morgan fingerprint density at radius 1 is 1.13 bits per heavy atom. The van der Waals surface area contributed by atoms with Crippen LogP contribution in [0.3, 0.4) is 0 Å². The Kier molecular flexibility index (Phi) is 5.57. The number of carbonyl (C=O) groups is 2. The minimum atomic E-state index is -0.653. The van der Waals surface area contributed by atoms with Gasteiger partial charge in [-0.1, -0.05) is 26.0 Å². The van der Waals surface area contributed by atoms with Crippen molar-refractivity contribution in [3.05, 3.63) is 82.9 Å². The highest BCUT2D eigenvalue weighted by molar-refractivity contribution is 6.07. The van der Waals surface area contributed by atoms with E-state index in [1.807, 2.05) is 24.3 Å². The van der Waals surface area contributed by atoms with E-state index in [9.17, 15) is 14.7 Å². The number of benzene rings is 1. The molecule has 0 spiro atoms. The highest BCUT2D eigenvalue weighted by Gasteiger charge is 2.37. The number of hydrogen-bond donors (Lipinski definition) is 3. The van der Waals surface area contributed by atoms with Gasteiger partial charge >= 0.3 is 0 Å². The number of hydrogen-bond acceptors (Lipinski definition) is 6. The molecule has 0 fully saturated rings. The number of nitrogens with zero attached hydrogens (tertiary/aromatic N) is 5. The van der Waals surface area contributed by atoms with E-state index in [2.05, 4.69) is 33.8 Å². The van der Waals surface area contributed by atoms with Crippen LogP contribution in [0, 0.1) is 5.41 Å². The SMILES string of the molecule is CC1(C)Cc2cc3n(c2C1)CCN(c1cccc(-n2cc(C(N)=O)c(Nc4ccccn4)n2)c1CO)C3=O. The number of nitrogens with two attached hydrogens (primary N) is 1. The highest BCUT2D eigenvalue weighted by Crippen LogP contribution is 2.40. The summed E-state index contributed by atoms with van der Waals surface area (Å²) < 4.78 is 3.65. The first-order valence-corrected chi connectivity index (χ1v) is 12.6. The molecule has 2 aliphatic rings. The second-order valence-electron chi connectivity index (χ2n) is 10.6. The zero-order valence-electron chi connectivity index (χ0n) is 21.3. The minimum Gasteiger partial charge on any atom is -0.392 e. The lowest BCUT2D eigenvalue weighted by Gasteiger charge is -2.31. The van der Waals surface area contributed by atoms with Crippen LogP contribution in [0.25, 0.3) is 5.69 Å². The summed E-state index contributed by atoms with van der Waals surface area (Å²) >= 11 is 0. The largest absolute Gasteiger partial charge is 0.392 e. The van der Waals surface area contributed by atoms with Crippen molar-refractivity contribution in [2.24, 2.45) is 11.1 Å². The lowest BCUT2D eigenvalue weighted by atomic mass is 9.90. The van der Waals surface area contributed by atoms with Crippen LogP contribution >= 0.6 is 0 Å². The summed E-state index contributed by atoms with van der Waals surface area (Å²) in [4.78, 5) is 31.8. The van der Waals surface area contributed by atoms with E-state index in [1.165, 1.54) is 22.1 Å². The van der Waals surface area contributed by atoms with Crippen molar-refractivity contribution < 1.29 is 14.7 Å². The van der Waals surface area contributed by atoms with Gasteiger partial charge in [-0.2, -0.15) is 0 Å². The maximum atomic E-state index is 13.7.